The van der Waals surface area contributed by atoms with Crippen molar-refractivity contribution in [3.8, 4) is 0 Å². The molecule has 0 aromatic carbocycles. The minimum Gasteiger partial charge on any atom is -0.465 e. The first-order chi connectivity index (χ1) is 9.42. The number of nitrogen functional groups attached to an aromatic ring is 1. The topological polar surface area (TPSA) is 103 Å². The number of anilines is 1. The number of sulfonamides is 1. The Balaban J connectivity index is 2.13. The van der Waals surface area contributed by atoms with Gasteiger partial charge in [-0.25, -0.2) is 13.1 Å². The molecule has 0 aliphatic rings. The number of hydrogen-bond acceptors (Lipinski definition) is 5. The summed E-state index contributed by atoms with van der Waals surface area (Å²) in [5.74, 6) is 1.28. The Labute approximate surface area is 117 Å². The number of rotatable bonds is 6. The van der Waals surface area contributed by atoms with Crippen LogP contribution in [0.15, 0.2) is 27.6 Å². The molecule has 0 radical (unpaired) electrons. The summed E-state index contributed by atoms with van der Waals surface area (Å²) in [6.45, 7) is 4.47. The Morgan fingerprint density at radius 1 is 1.45 bits per heavy atom. The molecule has 20 heavy (non-hydrogen) atoms. The summed E-state index contributed by atoms with van der Waals surface area (Å²) >= 11 is 0. The Kier molecular flexibility index (Phi) is 4.15. The average Bonchev–Trinajstić information content (AvgIpc) is 2.94. The summed E-state index contributed by atoms with van der Waals surface area (Å²) in [5, 5.41) is 3.98. The quantitative estimate of drug-likeness (QED) is 0.835. The highest BCUT2D eigenvalue weighted by atomic mass is 32.2. The predicted molar refractivity (Wildman–Crippen MR) is 74.4 cm³/mol. The molecule has 0 aliphatic heterocycles. The summed E-state index contributed by atoms with van der Waals surface area (Å²) < 4.78 is 33.6. The van der Waals surface area contributed by atoms with Gasteiger partial charge in [-0.3, -0.25) is 4.68 Å². The number of furan rings is 1. The number of hydrogen-bond donors (Lipinski definition) is 2. The number of nitrogens with two attached hydrogens (primary N) is 1. The lowest BCUT2D eigenvalue weighted by molar-refractivity contribution is 0.475. The lowest BCUT2D eigenvalue weighted by atomic mass is 10.4. The number of aromatic nitrogens is 2. The van der Waals surface area contributed by atoms with Crippen molar-refractivity contribution in [2.45, 2.75) is 38.3 Å². The molecule has 0 fully saturated rings. The maximum Gasteiger partial charge on any atom is 0.246 e. The molecule has 8 heteroatoms. The summed E-state index contributed by atoms with van der Waals surface area (Å²) in [6, 6.07) is 3.50. The van der Waals surface area contributed by atoms with Gasteiger partial charge in [-0.2, -0.15) is 5.10 Å². The molecule has 0 aliphatic carbocycles. The predicted octanol–water partition coefficient (Wildman–Crippen LogP) is 1.26. The fourth-order valence-electron chi connectivity index (χ4n) is 1.79. The van der Waals surface area contributed by atoms with Gasteiger partial charge in [0.25, 0.3) is 0 Å². The minimum absolute atomic E-state index is 0.00146. The Hall–Kier alpha value is -1.80. The van der Waals surface area contributed by atoms with Crippen LogP contribution in [0.2, 0.25) is 0 Å². The standard InChI is InChI=1S/C12H18N4O3S/c1-3-6-16-8-11(12(13)15-16)20(17,18)14-7-10-5-4-9(2)19-10/h4-5,8,14H,3,6-7H2,1-2H3,(H2,13,15). The fraction of sp³-hybridized carbons (Fsp3) is 0.417. The van der Waals surface area contributed by atoms with Gasteiger partial charge >= 0.3 is 0 Å². The highest BCUT2D eigenvalue weighted by molar-refractivity contribution is 7.89. The molecule has 0 unspecified atom stereocenters. The highest BCUT2D eigenvalue weighted by Gasteiger charge is 2.21. The molecule has 0 amide bonds. The van der Waals surface area contributed by atoms with Crippen LogP contribution in [-0.2, 0) is 23.1 Å². The zero-order chi connectivity index (χ0) is 14.8. The number of aryl methyl sites for hydroxylation is 2. The van der Waals surface area contributed by atoms with Crippen LogP contribution < -0.4 is 10.5 Å². The maximum atomic E-state index is 12.2. The summed E-state index contributed by atoms with van der Waals surface area (Å²) in [4.78, 5) is -0.00534. The van der Waals surface area contributed by atoms with E-state index in [0.717, 1.165) is 12.2 Å². The third-order valence-electron chi connectivity index (χ3n) is 2.73. The molecular weight excluding hydrogens is 280 g/mol. The molecule has 0 saturated carbocycles. The lowest BCUT2D eigenvalue weighted by Crippen LogP contribution is -2.23. The van der Waals surface area contributed by atoms with Crippen molar-refractivity contribution in [1.82, 2.24) is 14.5 Å². The van der Waals surface area contributed by atoms with E-state index >= 15 is 0 Å². The van der Waals surface area contributed by atoms with E-state index in [1.54, 1.807) is 19.1 Å². The van der Waals surface area contributed by atoms with E-state index in [1.807, 2.05) is 6.92 Å². The number of nitrogens with one attached hydrogen (secondary N) is 1. The number of nitrogens with zero attached hydrogens (tertiary/aromatic N) is 2. The van der Waals surface area contributed by atoms with Crippen LogP contribution in [-0.4, -0.2) is 18.2 Å². The van der Waals surface area contributed by atoms with Crippen LogP contribution in [0.3, 0.4) is 0 Å². The van der Waals surface area contributed by atoms with Crippen LogP contribution in [0, 0.1) is 6.92 Å². The van der Waals surface area contributed by atoms with E-state index < -0.39 is 10.0 Å². The van der Waals surface area contributed by atoms with Gasteiger partial charge in [-0.15, -0.1) is 0 Å². The van der Waals surface area contributed by atoms with Crippen molar-refractivity contribution in [3.05, 3.63) is 29.9 Å². The van der Waals surface area contributed by atoms with Gasteiger partial charge in [0.1, 0.15) is 16.4 Å². The molecule has 3 N–H and O–H groups in total. The Bertz CT molecular complexity index is 687. The third kappa shape index (κ3) is 3.20. The van der Waals surface area contributed by atoms with Gasteiger partial charge in [0.2, 0.25) is 10.0 Å². The molecule has 0 saturated heterocycles. The second kappa shape index (κ2) is 5.68. The van der Waals surface area contributed by atoms with Crippen LogP contribution in [0.4, 0.5) is 5.82 Å². The van der Waals surface area contributed by atoms with Crippen molar-refractivity contribution in [1.29, 1.82) is 0 Å². The maximum absolute atomic E-state index is 12.2. The first kappa shape index (κ1) is 14.6. The van der Waals surface area contributed by atoms with Crippen molar-refractivity contribution < 1.29 is 12.8 Å². The molecular formula is C12H18N4O3S. The normalized spacial score (nSPS) is 11.9. The molecule has 2 aromatic heterocycles. The summed E-state index contributed by atoms with van der Waals surface area (Å²) in [7, 11) is -3.70. The molecule has 2 heterocycles. The van der Waals surface area contributed by atoms with Gasteiger partial charge in [-0.1, -0.05) is 6.92 Å². The van der Waals surface area contributed by atoms with E-state index in [0.29, 0.717) is 12.3 Å². The van der Waals surface area contributed by atoms with Crippen molar-refractivity contribution >= 4 is 15.8 Å². The second-order valence-corrected chi connectivity index (χ2v) is 6.21. The van der Waals surface area contributed by atoms with Crippen LogP contribution in [0.25, 0.3) is 0 Å². The minimum atomic E-state index is -3.70. The molecule has 110 valence electrons. The first-order valence-electron chi connectivity index (χ1n) is 6.30. The van der Waals surface area contributed by atoms with Gasteiger partial charge in [0.15, 0.2) is 5.82 Å². The Morgan fingerprint density at radius 3 is 2.80 bits per heavy atom. The van der Waals surface area contributed by atoms with E-state index in [9.17, 15) is 8.42 Å². The zero-order valence-corrected chi connectivity index (χ0v) is 12.3. The van der Waals surface area contributed by atoms with Gasteiger partial charge in [0.05, 0.1) is 6.54 Å². The lowest BCUT2D eigenvalue weighted by Gasteiger charge is -2.03. The van der Waals surface area contributed by atoms with Crippen LogP contribution in [0.5, 0.6) is 0 Å². The summed E-state index contributed by atoms with van der Waals surface area (Å²) in [6.07, 6.45) is 2.29. The van der Waals surface area contributed by atoms with E-state index in [1.165, 1.54) is 10.9 Å². The van der Waals surface area contributed by atoms with E-state index in [-0.39, 0.29) is 17.3 Å². The summed E-state index contributed by atoms with van der Waals surface area (Å²) in [5.41, 5.74) is 5.66. The smallest absolute Gasteiger partial charge is 0.246 e. The first-order valence-corrected chi connectivity index (χ1v) is 7.78. The van der Waals surface area contributed by atoms with E-state index in [4.69, 9.17) is 10.2 Å². The highest BCUT2D eigenvalue weighted by Crippen LogP contribution is 2.17. The average molecular weight is 298 g/mol. The van der Waals surface area contributed by atoms with E-state index in [2.05, 4.69) is 9.82 Å². The van der Waals surface area contributed by atoms with Crippen molar-refractivity contribution in [2.24, 2.45) is 0 Å². The SMILES string of the molecule is CCCn1cc(S(=O)(=O)NCc2ccc(C)o2)c(N)n1. The van der Waals surface area contributed by atoms with Crippen LogP contribution >= 0.6 is 0 Å². The van der Waals surface area contributed by atoms with Crippen LogP contribution in [0.1, 0.15) is 24.9 Å². The molecule has 2 rings (SSSR count). The van der Waals surface area contributed by atoms with Crippen molar-refractivity contribution in [2.75, 3.05) is 5.73 Å². The van der Waals surface area contributed by atoms with Gasteiger partial charge < -0.3 is 10.2 Å². The van der Waals surface area contributed by atoms with Gasteiger partial charge in [-0.05, 0) is 25.5 Å². The van der Waals surface area contributed by atoms with Crippen molar-refractivity contribution in [3.63, 3.8) is 0 Å². The molecule has 0 spiro atoms. The molecule has 7 nitrogen and oxygen atoms in total. The molecule has 2 aromatic rings. The Morgan fingerprint density at radius 2 is 2.20 bits per heavy atom. The fourth-order valence-corrected chi connectivity index (χ4v) is 2.86. The molecule has 0 bridgehead atoms. The largest absolute Gasteiger partial charge is 0.465 e. The van der Waals surface area contributed by atoms with Gasteiger partial charge in [0, 0.05) is 12.7 Å². The second-order valence-electron chi connectivity index (χ2n) is 4.48. The third-order valence-corrected chi connectivity index (χ3v) is 4.15. The monoisotopic (exact) mass is 298 g/mol. The zero-order valence-electron chi connectivity index (χ0n) is 11.5. The molecule has 0 atom stereocenters.